The molecule has 0 heterocycles. The minimum absolute atomic E-state index is 0.0208. The fraction of sp³-hybridized carbons (Fsp3) is 0.500. The zero-order valence-electron chi connectivity index (χ0n) is 10.5. The Kier molecular flexibility index (Phi) is 4.58. The van der Waals surface area contributed by atoms with Gasteiger partial charge in [0.05, 0.1) is 5.38 Å². The van der Waals surface area contributed by atoms with Crippen LogP contribution in [0, 0.1) is 0 Å². The number of hydrogen-bond acceptors (Lipinski definition) is 1. The zero-order valence-corrected chi connectivity index (χ0v) is 11.3. The Morgan fingerprint density at radius 3 is 2.47 bits per heavy atom. The quantitative estimate of drug-likeness (QED) is 0.821. The lowest BCUT2D eigenvalue weighted by Crippen LogP contribution is -2.15. The Morgan fingerprint density at radius 2 is 1.94 bits per heavy atom. The molecule has 0 amide bonds. The number of carboxylic acids is 1. The summed E-state index contributed by atoms with van der Waals surface area (Å²) in [6.07, 6.45) is 0.566. The third kappa shape index (κ3) is 4.04. The fourth-order valence-electron chi connectivity index (χ4n) is 1.86. The minimum atomic E-state index is -0.802. The summed E-state index contributed by atoms with van der Waals surface area (Å²) in [4.78, 5) is 10.6. The van der Waals surface area contributed by atoms with Crippen LogP contribution in [0.1, 0.15) is 50.1 Å². The predicted octanol–water partition coefficient (Wildman–Crippen LogP) is 4.13. The van der Waals surface area contributed by atoms with Gasteiger partial charge in [-0.2, -0.15) is 0 Å². The molecule has 0 aliphatic carbocycles. The van der Waals surface area contributed by atoms with Gasteiger partial charge in [0.25, 0.3) is 0 Å². The van der Waals surface area contributed by atoms with E-state index in [0.29, 0.717) is 6.42 Å². The average Bonchev–Trinajstić information content (AvgIpc) is 2.24. The second kappa shape index (κ2) is 5.54. The van der Waals surface area contributed by atoms with Crippen LogP contribution in [0.25, 0.3) is 0 Å². The molecule has 1 aromatic rings. The summed E-state index contributed by atoms with van der Waals surface area (Å²) in [6, 6.07) is 7.98. The molecule has 0 fully saturated rings. The molecule has 0 aliphatic rings. The van der Waals surface area contributed by atoms with Crippen LogP contribution >= 0.6 is 11.6 Å². The number of carboxylic acid groups (broad SMARTS) is 1. The number of carbonyl (C=O) groups is 1. The van der Waals surface area contributed by atoms with Gasteiger partial charge in [-0.05, 0) is 23.0 Å². The summed E-state index contributed by atoms with van der Waals surface area (Å²) in [5, 5.41) is 8.45. The van der Waals surface area contributed by atoms with Crippen LogP contribution in [0.3, 0.4) is 0 Å². The molecule has 1 atom stereocenters. The van der Waals surface area contributed by atoms with Crippen molar-refractivity contribution in [2.24, 2.45) is 0 Å². The van der Waals surface area contributed by atoms with E-state index < -0.39 is 5.97 Å². The second-order valence-corrected chi connectivity index (χ2v) is 5.76. The van der Waals surface area contributed by atoms with Gasteiger partial charge in [-0.3, -0.25) is 4.79 Å². The molecule has 0 saturated heterocycles. The Bertz CT molecular complexity index is 393. The van der Waals surface area contributed by atoms with Crippen molar-refractivity contribution in [2.75, 3.05) is 0 Å². The highest BCUT2D eigenvalue weighted by molar-refractivity contribution is 6.21. The highest BCUT2D eigenvalue weighted by atomic mass is 35.5. The molecule has 0 saturated carbocycles. The highest BCUT2D eigenvalue weighted by Crippen LogP contribution is 2.34. The van der Waals surface area contributed by atoms with E-state index in [-0.39, 0.29) is 17.2 Å². The first-order valence-corrected chi connectivity index (χ1v) is 6.21. The number of alkyl halides is 1. The monoisotopic (exact) mass is 254 g/mol. The number of aliphatic carboxylic acids is 1. The molecule has 0 aromatic heterocycles. The van der Waals surface area contributed by atoms with Crippen LogP contribution in [0.2, 0.25) is 0 Å². The van der Waals surface area contributed by atoms with E-state index in [0.717, 1.165) is 5.56 Å². The Balaban J connectivity index is 2.93. The normalized spacial score (nSPS) is 13.4. The summed E-state index contributed by atoms with van der Waals surface area (Å²) >= 11 is 6.30. The highest BCUT2D eigenvalue weighted by Gasteiger charge is 2.21. The average molecular weight is 255 g/mol. The lowest BCUT2D eigenvalue weighted by molar-refractivity contribution is -0.137. The van der Waals surface area contributed by atoms with Crippen molar-refractivity contribution < 1.29 is 9.90 Å². The van der Waals surface area contributed by atoms with Gasteiger partial charge in [-0.15, -0.1) is 11.6 Å². The number of rotatable bonds is 4. The van der Waals surface area contributed by atoms with Crippen LogP contribution in [0.15, 0.2) is 24.3 Å². The third-order valence-electron chi connectivity index (χ3n) is 2.72. The first-order valence-electron chi connectivity index (χ1n) is 5.77. The summed E-state index contributed by atoms with van der Waals surface area (Å²) < 4.78 is 0. The Morgan fingerprint density at radius 1 is 1.35 bits per heavy atom. The lowest BCUT2D eigenvalue weighted by Gasteiger charge is -2.24. The second-order valence-electron chi connectivity index (χ2n) is 5.24. The van der Waals surface area contributed by atoms with Gasteiger partial charge in [0, 0.05) is 6.42 Å². The third-order valence-corrected chi connectivity index (χ3v) is 3.17. The van der Waals surface area contributed by atoms with Crippen molar-refractivity contribution in [1.82, 2.24) is 0 Å². The first kappa shape index (κ1) is 14.0. The van der Waals surface area contributed by atoms with Crippen molar-refractivity contribution in [1.29, 1.82) is 0 Å². The SMILES string of the molecule is CC(C)(C)c1ccccc1C(Cl)CCC(=O)O. The van der Waals surface area contributed by atoms with E-state index in [9.17, 15) is 4.79 Å². The molecule has 0 radical (unpaired) electrons. The van der Waals surface area contributed by atoms with Crippen LogP contribution in [0.5, 0.6) is 0 Å². The standard InChI is InChI=1S/C14H19ClO2/c1-14(2,3)11-7-5-4-6-10(11)12(15)8-9-13(16)17/h4-7,12H,8-9H2,1-3H3,(H,16,17). The Hall–Kier alpha value is -1.02. The molecule has 1 N–H and O–H groups in total. The van der Waals surface area contributed by atoms with Crippen molar-refractivity contribution >= 4 is 17.6 Å². The molecule has 1 aromatic carbocycles. The molecule has 94 valence electrons. The minimum Gasteiger partial charge on any atom is -0.481 e. The number of benzene rings is 1. The van der Waals surface area contributed by atoms with E-state index in [1.807, 2.05) is 18.2 Å². The van der Waals surface area contributed by atoms with Gasteiger partial charge >= 0.3 is 5.97 Å². The maximum absolute atomic E-state index is 10.6. The zero-order chi connectivity index (χ0) is 13.1. The van der Waals surface area contributed by atoms with Crippen LogP contribution in [-0.2, 0) is 10.2 Å². The molecular formula is C14H19ClO2. The molecule has 17 heavy (non-hydrogen) atoms. The van der Waals surface area contributed by atoms with E-state index in [4.69, 9.17) is 16.7 Å². The van der Waals surface area contributed by atoms with E-state index >= 15 is 0 Å². The Labute approximate surface area is 108 Å². The largest absolute Gasteiger partial charge is 0.481 e. The molecule has 1 unspecified atom stereocenters. The maximum Gasteiger partial charge on any atom is 0.303 e. The van der Waals surface area contributed by atoms with E-state index in [1.165, 1.54) is 5.56 Å². The van der Waals surface area contributed by atoms with E-state index in [2.05, 4.69) is 26.8 Å². The molecule has 3 heteroatoms. The van der Waals surface area contributed by atoms with Crippen molar-refractivity contribution in [3.05, 3.63) is 35.4 Å². The molecule has 2 nitrogen and oxygen atoms in total. The number of halogens is 1. The number of hydrogen-bond donors (Lipinski definition) is 1. The van der Waals surface area contributed by atoms with Crippen molar-refractivity contribution in [3.63, 3.8) is 0 Å². The van der Waals surface area contributed by atoms with Gasteiger partial charge in [0.1, 0.15) is 0 Å². The van der Waals surface area contributed by atoms with Gasteiger partial charge in [-0.25, -0.2) is 0 Å². The van der Waals surface area contributed by atoms with Gasteiger partial charge in [-0.1, -0.05) is 45.0 Å². The molecule has 0 bridgehead atoms. The summed E-state index contributed by atoms with van der Waals surface area (Å²) in [6.45, 7) is 6.39. The first-order chi connectivity index (χ1) is 7.82. The molecular weight excluding hydrogens is 236 g/mol. The van der Waals surface area contributed by atoms with Gasteiger partial charge in [0.2, 0.25) is 0 Å². The summed E-state index contributed by atoms with van der Waals surface area (Å²) in [5.41, 5.74) is 2.25. The lowest BCUT2D eigenvalue weighted by atomic mass is 9.82. The maximum atomic E-state index is 10.6. The molecule has 1 rings (SSSR count). The molecule has 0 aliphatic heterocycles. The predicted molar refractivity (Wildman–Crippen MR) is 70.6 cm³/mol. The molecule has 0 spiro atoms. The topological polar surface area (TPSA) is 37.3 Å². The van der Waals surface area contributed by atoms with Crippen LogP contribution < -0.4 is 0 Å². The van der Waals surface area contributed by atoms with Gasteiger partial charge < -0.3 is 5.11 Å². The summed E-state index contributed by atoms with van der Waals surface area (Å²) in [7, 11) is 0. The fourth-order valence-corrected chi connectivity index (χ4v) is 2.16. The summed E-state index contributed by atoms with van der Waals surface area (Å²) in [5.74, 6) is -0.802. The van der Waals surface area contributed by atoms with Crippen molar-refractivity contribution in [2.45, 2.75) is 44.4 Å². The smallest absolute Gasteiger partial charge is 0.303 e. The van der Waals surface area contributed by atoms with Crippen LogP contribution in [-0.4, -0.2) is 11.1 Å². The van der Waals surface area contributed by atoms with E-state index in [1.54, 1.807) is 0 Å². The van der Waals surface area contributed by atoms with Crippen molar-refractivity contribution in [3.8, 4) is 0 Å². The van der Waals surface area contributed by atoms with Crippen LogP contribution in [0.4, 0.5) is 0 Å². The van der Waals surface area contributed by atoms with Gasteiger partial charge in [0.15, 0.2) is 0 Å².